The number of nitrogens with zero attached hydrogens (tertiary/aromatic N) is 1. The third kappa shape index (κ3) is 5.50. The second-order valence-corrected chi connectivity index (χ2v) is 11.1. The Morgan fingerprint density at radius 3 is 2.38 bits per heavy atom. The molecule has 1 saturated heterocycles. The summed E-state index contributed by atoms with van der Waals surface area (Å²) in [4.78, 5) is 26.3. The van der Waals surface area contributed by atoms with Crippen LogP contribution in [0.5, 0.6) is 0 Å². The van der Waals surface area contributed by atoms with Gasteiger partial charge < -0.3 is 4.74 Å². The maximum atomic E-state index is 12.9. The third-order valence-electron chi connectivity index (χ3n) is 5.75. The minimum absolute atomic E-state index is 0.0756. The number of sulfonamides is 1. The number of benzene rings is 1. The molecule has 12 heteroatoms. The van der Waals surface area contributed by atoms with Crippen molar-refractivity contribution in [3.8, 4) is 0 Å². The molecule has 0 radical (unpaired) electrons. The summed E-state index contributed by atoms with van der Waals surface area (Å²) in [5.74, 6) is -2.88. The molecule has 182 valence electrons. The SMILES string of the molecule is O=C1C=C(c2ccc(CN3CCC(Cc4ccccc4)(OC(=O)C(F)(F)F)CC3)s2)S(=O)(=O)N1. The number of rotatable bonds is 6. The topological polar surface area (TPSA) is 92.8 Å². The van der Waals surface area contributed by atoms with E-state index in [-0.39, 0.29) is 24.2 Å². The number of likely N-dealkylation sites (tertiary alicyclic amines) is 1. The number of thiophene rings is 1. The second kappa shape index (κ2) is 9.16. The van der Waals surface area contributed by atoms with Crippen molar-refractivity contribution in [3.05, 3.63) is 63.9 Å². The predicted octanol–water partition coefficient (Wildman–Crippen LogP) is 3.23. The van der Waals surface area contributed by atoms with Crippen LogP contribution in [0.25, 0.3) is 4.91 Å². The first-order valence-corrected chi connectivity index (χ1v) is 12.7. The van der Waals surface area contributed by atoms with Crippen LogP contribution < -0.4 is 4.72 Å². The number of nitrogens with one attached hydrogen (secondary N) is 1. The van der Waals surface area contributed by atoms with E-state index in [0.717, 1.165) is 16.5 Å². The molecule has 2 aromatic rings. The van der Waals surface area contributed by atoms with E-state index in [9.17, 15) is 31.2 Å². The van der Waals surface area contributed by atoms with E-state index in [1.165, 1.54) is 11.3 Å². The van der Waals surface area contributed by atoms with Gasteiger partial charge in [-0.25, -0.2) is 17.9 Å². The summed E-state index contributed by atoms with van der Waals surface area (Å²) in [5.41, 5.74) is -0.483. The Hall–Kier alpha value is -2.70. The maximum Gasteiger partial charge on any atom is 0.490 e. The van der Waals surface area contributed by atoms with Gasteiger partial charge in [-0.1, -0.05) is 30.3 Å². The molecule has 0 unspecified atom stereocenters. The van der Waals surface area contributed by atoms with Gasteiger partial charge in [0.2, 0.25) is 0 Å². The van der Waals surface area contributed by atoms with Gasteiger partial charge in [-0.05, 0) is 17.7 Å². The maximum absolute atomic E-state index is 12.9. The first-order chi connectivity index (χ1) is 16.0. The van der Waals surface area contributed by atoms with Gasteiger partial charge in [0.25, 0.3) is 15.9 Å². The first-order valence-electron chi connectivity index (χ1n) is 10.4. The van der Waals surface area contributed by atoms with Crippen LogP contribution in [0.15, 0.2) is 48.5 Å². The van der Waals surface area contributed by atoms with Gasteiger partial charge in [0.1, 0.15) is 10.5 Å². The van der Waals surface area contributed by atoms with E-state index in [2.05, 4.69) is 0 Å². The standard InChI is InChI=1S/C22H21F3N2O5S2/c23-22(24,25)20(29)32-21(13-15-4-2-1-3-5-15)8-10-27(11-9-21)14-16-6-7-17(33-16)18-12-19(28)26-34(18,30)31/h1-7,12H,8-11,13-14H2,(H,26,28). The largest absolute Gasteiger partial charge is 0.490 e. The number of alkyl halides is 3. The van der Waals surface area contributed by atoms with E-state index in [4.69, 9.17) is 4.74 Å². The normalized spacial score (nSPS) is 20.0. The van der Waals surface area contributed by atoms with Gasteiger partial charge in [0, 0.05) is 54.7 Å². The molecule has 0 spiro atoms. The quantitative estimate of drug-likeness (QED) is 0.595. The fourth-order valence-corrected chi connectivity index (χ4v) is 6.53. The lowest BCUT2D eigenvalue weighted by Crippen LogP contribution is -2.49. The molecule has 7 nitrogen and oxygen atoms in total. The molecular formula is C22H21F3N2O5S2. The average molecular weight is 515 g/mol. The number of halogens is 3. The van der Waals surface area contributed by atoms with E-state index in [0.29, 0.717) is 24.5 Å². The molecule has 1 aromatic heterocycles. The van der Waals surface area contributed by atoms with Crippen LogP contribution in [0.4, 0.5) is 13.2 Å². The predicted molar refractivity (Wildman–Crippen MR) is 119 cm³/mol. The molecular weight excluding hydrogens is 493 g/mol. The summed E-state index contributed by atoms with van der Waals surface area (Å²) in [6.07, 6.45) is -3.40. The van der Waals surface area contributed by atoms with Gasteiger partial charge >= 0.3 is 12.1 Å². The highest BCUT2D eigenvalue weighted by Gasteiger charge is 2.47. The number of hydrogen-bond donors (Lipinski definition) is 1. The second-order valence-electron chi connectivity index (χ2n) is 8.25. The molecule has 0 atom stereocenters. The molecule has 0 aliphatic carbocycles. The molecule has 2 aliphatic rings. The monoisotopic (exact) mass is 514 g/mol. The zero-order chi connectivity index (χ0) is 24.6. The molecule has 34 heavy (non-hydrogen) atoms. The fourth-order valence-electron chi connectivity index (χ4n) is 4.09. The summed E-state index contributed by atoms with van der Waals surface area (Å²) < 4.78 is 69.8. The third-order valence-corrected chi connectivity index (χ3v) is 8.37. The summed E-state index contributed by atoms with van der Waals surface area (Å²) in [5, 5.41) is 0. The minimum Gasteiger partial charge on any atom is -0.452 e. The highest BCUT2D eigenvalue weighted by Crippen LogP contribution is 2.35. The zero-order valence-corrected chi connectivity index (χ0v) is 19.4. The Kier molecular flexibility index (Phi) is 6.58. The molecule has 1 aromatic carbocycles. The van der Waals surface area contributed by atoms with Gasteiger partial charge in [-0.15, -0.1) is 11.3 Å². The highest BCUT2D eigenvalue weighted by molar-refractivity contribution is 8.00. The van der Waals surface area contributed by atoms with E-state index >= 15 is 0 Å². The van der Waals surface area contributed by atoms with Crippen molar-refractivity contribution < 1.29 is 35.9 Å². The summed E-state index contributed by atoms with van der Waals surface area (Å²) in [6, 6.07) is 12.3. The Morgan fingerprint density at radius 1 is 1.12 bits per heavy atom. The number of esters is 1. The van der Waals surface area contributed by atoms with Crippen molar-refractivity contribution >= 4 is 38.1 Å². The van der Waals surface area contributed by atoms with Gasteiger partial charge in [0.05, 0.1) is 0 Å². The smallest absolute Gasteiger partial charge is 0.452 e. The lowest BCUT2D eigenvalue weighted by atomic mass is 9.85. The first kappa shape index (κ1) is 24.4. The van der Waals surface area contributed by atoms with Crippen LogP contribution in [0, 0.1) is 0 Å². The molecule has 2 aliphatic heterocycles. The fraction of sp³-hybridized carbons (Fsp3) is 0.364. The van der Waals surface area contributed by atoms with Crippen molar-refractivity contribution in [2.45, 2.75) is 37.6 Å². The number of amides is 1. The number of piperidine rings is 1. The van der Waals surface area contributed by atoms with Crippen LogP contribution in [0.2, 0.25) is 0 Å². The van der Waals surface area contributed by atoms with Crippen molar-refractivity contribution in [2.24, 2.45) is 0 Å². The van der Waals surface area contributed by atoms with Crippen LogP contribution in [0.3, 0.4) is 0 Å². The molecule has 1 amide bonds. The molecule has 1 N–H and O–H groups in total. The number of carbonyl (C=O) groups is 2. The van der Waals surface area contributed by atoms with Gasteiger partial charge in [-0.3, -0.25) is 9.69 Å². The molecule has 0 saturated carbocycles. The Morgan fingerprint density at radius 2 is 1.79 bits per heavy atom. The van der Waals surface area contributed by atoms with Gasteiger partial charge in [-0.2, -0.15) is 13.2 Å². The van der Waals surface area contributed by atoms with Crippen LogP contribution in [0.1, 0.15) is 28.2 Å². The zero-order valence-electron chi connectivity index (χ0n) is 17.8. The Labute approximate surface area is 198 Å². The summed E-state index contributed by atoms with van der Waals surface area (Å²) in [7, 11) is -3.86. The lowest BCUT2D eigenvalue weighted by molar-refractivity contribution is -0.217. The van der Waals surface area contributed by atoms with E-state index in [1.807, 2.05) is 9.62 Å². The lowest BCUT2D eigenvalue weighted by Gasteiger charge is -2.41. The Bertz CT molecular complexity index is 1210. The van der Waals surface area contributed by atoms with E-state index < -0.39 is 33.7 Å². The van der Waals surface area contributed by atoms with E-state index in [1.54, 1.807) is 42.5 Å². The average Bonchev–Trinajstić information content (AvgIpc) is 3.32. The molecule has 0 bridgehead atoms. The Balaban J connectivity index is 1.44. The molecule has 4 rings (SSSR count). The molecule has 1 fully saturated rings. The van der Waals surface area contributed by atoms with Crippen LogP contribution in [-0.2, 0) is 37.3 Å². The highest BCUT2D eigenvalue weighted by atomic mass is 32.2. The summed E-state index contributed by atoms with van der Waals surface area (Å²) in [6.45, 7) is 1.24. The van der Waals surface area contributed by atoms with Crippen molar-refractivity contribution in [2.75, 3.05) is 13.1 Å². The number of hydrogen-bond acceptors (Lipinski definition) is 7. The minimum atomic E-state index is -5.07. The summed E-state index contributed by atoms with van der Waals surface area (Å²) >= 11 is 1.23. The van der Waals surface area contributed by atoms with Crippen molar-refractivity contribution in [1.29, 1.82) is 0 Å². The number of carbonyl (C=O) groups excluding carboxylic acids is 2. The number of ether oxygens (including phenoxy) is 1. The van der Waals surface area contributed by atoms with Crippen molar-refractivity contribution in [1.82, 2.24) is 9.62 Å². The van der Waals surface area contributed by atoms with Gasteiger partial charge in [0.15, 0.2) is 0 Å². The molecule has 3 heterocycles. The van der Waals surface area contributed by atoms with Crippen LogP contribution in [-0.4, -0.2) is 50.1 Å². The van der Waals surface area contributed by atoms with Crippen LogP contribution >= 0.6 is 11.3 Å². The van der Waals surface area contributed by atoms with Crippen molar-refractivity contribution in [3.63, 3.8) is 0 Å².